The van der Waals surface area contributed by atoms with E-state index in [1.54, 1.807) is 0 Å². The molecule has 2 aromatic heterocycles. The summed E-state index contributed by atoms with van der Waals surface area (Å²) < 4.78 is 0. The Morgan fingerprint density at radius 3 is 1.27 bits per heavy atom. The molecule has 13 rings (SSSR count). The van der Waals surface area contributed by atoms with Gasteiger partial charge in [0.1, 0.15) is 0 Å². The standard InChI is InChI=1S/C65H52N6/c1-41-34-43-36-42(2)65(53(35-41)37-43)56-33-32-49(48-26-15-28-51(38-48)63-68-59(44-18-7-3-8-19-44)66-60(69-63)45-20-9-4-10-21-45)40-55(56)58-54(30-17-31-57(58)65)50-27-16-29-52(39-50)64-70-61(46-22-11-5-12-23-46)67-62(71-64)47-24-13-6-14-25-47/h3-33,38-43,53H,34-37H2,1-2H3. The van der Waals surface area contributed by atoms with Gasteiger partial charge in [0, 0.05) is 38.8 Å². The van der Waals surface area contributed by atoms with Crippen molar-refractivity contribution in [1.82, 2.24) is 29.9 Å². The monoisotopic (exact) mass is 916 g/mol. The number of nitrogens with zero attached hydrogens (tertiary/aromatic N) is 6. The van der Waals surface area contributed by atoms with Crippen LogP contribution in [0, 0.1) is 23.7 Å². The van der Waals surface area contributed by atoms with Gasteiger partial charge in [-0.15, -0.1) is 0 Å². The molecule has 0 aliphatic heterocycles. The quantitative estimate of drug-likeness (QED) is 0.151. The van der Waals surface area contributed by atoms with Gasteiger partial charge in [-0.1, -0.05) is 202 Å². The van der Waals surface area contributed by atoms with E-state index in [4.69, 9.17) is 29.9 Å². The third-order valence-electron chi connectivity index (χ3n) is 15.7. The highest BCUT2D eigenvalue weighted by Gasteiger charge is 2.57. The Hall–Kier alpha value is -8.22. The van der Waals surface area contributed by atoms with Gasteiger partial charge in [0.25, 0.3) is 0 Å². The van der Waals surface area contributed by atoms with Gasteiger partial charge in [0.2, 0.25) is 0 Å². The Balaban J connectivity index is 0.961. The molecule has 0 amide bonds. The van der Waals surface area contributed by atoms with E-state index in [0.717, 1.165) is 50.4 Å². The Bertz CT molecular complexity index is 3480. The van der Waals surface area contributed by atoms with Crippen molar-refractivity contribution < 1.29 is 0 Å². The second-order valence-corrected chi connectivity index (χ2v) is 20.1. The molecule has 6 heteroatoms. The molecule has 3 aliphatic rings. The number of benzene rings is 8. The van der Waals surface area contributed by atoms with Crippen molar-refractivity contribution in [2.24, 2.45) is 23.7 Å². The number of rotatable bonds is 8. The average molecular weight is 917 g/mol. The Morgan fingerprint density at radius 2 is 0.746 bits per heavy atom. The Kier molecular flexibility index (Phi) is 10.6. The zero-order chi connectivity index (χ0) is 47.5. The van der Waals surface area contributed by atoms with Crippen LogP contribution in [0.4, 0.5) is 0 Å². The molecule has 5 unspecified atom stereocenters. The lowest BCUT2D eigenvalue weighted by Crippen LogP contribution is -2.49. The number of hydrogen-bond donors (Lipinski definition) is 0. The van der Waals surface area contributed by atoms with Crippen LogP contribution in [0.1, 0.15) is 50.7 Å². The molecule has 2 heterocycles. The average Bonchev–Trinajstić information content (AvgIpc) is 3.74. The lowest BCUT2D eigenvalue weighted by atomic mass is 9.49. The van der Waals surface area contributed by atoms with Gasteiger partial charge in [-0.2, -0.15) is 0 Å². The summed E-state index contributed by atoms with van der Waals surface area (Å²) in [5.74, 6) is 6.46. The van der Waals surface area contributed by atoms with Gasteiger partial charge in [0.05, 0.1) is 0 Å². The van der Waals surface area contributed by atoms with Crippen LogP contribution >= 0.6 is 0 Å². The fraction of sp³-hybridized carbons (Fsp3) is 0.169. The Morgan fingerprint density at radius 1 is 0.324 bits per heavy atom. The first kappa shape index (κ1) is 42.8. The molecule has 10 aromatic rings. The second-order valence-electron chi connectivity index (χ2n) is 20.1. The lowest BCUT2D eigenvalue weighted by Gasteiger charge is -2.54. The highest BCUT2D eigenvalue weighted by molar-refractivity contribution is 5.95. The van der Waals surface area contributed by atoms with Crippen molar-refractivity contribution in [2.75, 3.05) is 0 Å². The molecule has 71 heavy (non-hydrogen) atoms. The molecule has 3 aliphatic carbocycles. The maximum Gasteiger partial charge on any atom is 0.164 e. The van der Waals surface area contributed by atoms with E-state index < -0.39 is 0 Å². The van der Waals surface area contributed by atoms with Gasteiger partial charge in [0.15, 0.2) is 34.9 Å². The zero-order valence-corrected chi connectivity index (χ0v) is 40.0. The Labute approximate surface area is 415 Å². The number of aromatic nitrogens is 6. The summed E-state index contributed by atoms with van der Waals surface area (Å²) in [6.07, 6.45) is 5.12. The zero-order valence-electron chi connectivity index (χ0n) is 40.0. The van der Waals surface area contributed by atoms with E-state index in [0.29, 0.717) is 52.7 Å². The molecule has 6 nitrogen and oxygen atoms in total. The first-order valence-corrected chi connectivity index (χ1v) is 25.2. The molecular weight excluding hydrogens is 865 g/mol. The third kappa shape index (κ3) is 7.57. The van der Waals surface area contributed by atoms with Crippen molar-refractivity contribution in [3.05, 3.63) is 217 Å². The number of hydrogen-bond acceptors (Lipinski definition) is 6. The summed E-state index contributed by atoms with van der Waals surface area (Å²) in [6.45, 7) is 5.04. The van der Waals surface area contributed by atoms with E-state index >= 15 is 0 Å². The predicted octanol–water partition coefficient (Wildman–Crippen LogP) is 15.8. The van der Waals surface area contributed by atoms with Crippen molar-refractivity contribution in [3.8, 4) is 102 Å². The van der Waals surface area contributed by atoms with Gasteiger partial charge in [-0.05, 0) is 112 Å². The molecule has 0 saturated heterocycles. The predicted molar refractivity (Wildman–Crippen MR) is 287 cm³/mol. The second kappa shape index (κ2) is 17.6. The van der Waals surface area contributed by atoms with Crippen LogP contribution in [0.5, 0.6) is 0 Å². The van der Waals surface area contributed by atoms with Crippen molar-refractivity contribution in [1.29, 1.82) is 0 Å². The fourth-order valence-corrected chi connectivity index (χ4v) is 12.8. The summed E-state index contributed by atoms with van der Waals surface area (Å²) >= 11 is 0. The van der Waals surface area contributed by atoms with Crippen LogP contribution in [0.2, 0.25) is 0 Å². The third-order valence-corrected chi connectivity index (χ3v) is 15.7. The maximum absolute atomic E-state index is 5.14. The van der Waals surface area contributed by atoms with Gasteiger partial charge in [-0.25, -0.2) is 29.9 Å². The minimum absolute atomic E-state index is 0.0835. The summed E-state index contributed by atoms with van der Waals surface area (Å²) in [6, 6.07) is 72.9. The molecule has 342 valence electrons. The highest BCUT2D eigenvalue weighted by Crippen LogP contribution is 2.66. The van der Waals surface area contributed by atoms with Gasteiger partial charge >= 0.3 is 0 Å². The van der Waals surface area contributed by atoms with Crippen LogP contribution in [0.15, 0.2) is 206 Å². The topological polar surface area (TPSA) is 77.3 Å². The van der Waals surface area contributed by atoms with Crippen molar-refractivity contribution in [3.63, 3.8) is 0 Å². The summed E-state index contributed by atoms with van der Waals surface area (Å²) in [4.78, 5) is 30.5. The molecule has 0 N–H and O–H groups in total. The van der Waals surface area contributed by atoms with E-state index in [1.165, 1.54) is 59.1 Å². The normalized spacial score (nSPS) is 19.8. The summed E-state index contributed by atoms with van der Waals surface area (Å²) in [5, 5.41) is 0. The smallest absolute Gasteiger partial charge is 0.164 e. The molecule has 2 saturated carbocycles. The largest absolute Gasteiger partial charge is 0.208 e. The molecule has 1 spiro atoms. The minimum Gasteiger partial charge on any atom is -0.208 e. The van der Waals surface area contributed by atoms with Crippen molar-refractivity contribution in [2.45, 2.75) is 44.9 Å². The highest BCUT2D eigenvalue weighted by atomic mass is 15.0. The lowest BCUT2D eigenvalue weighted by molar-refractivity contribution is 0.0426. The molecule has 8 aromatic carbocycles. The van der Waals surface area contributed by atoms with Gasteiger partial charge < -0.3 is 0 Å². The van der Waals surface area contributed by atoms with E-state index in [1.807, 2.05) is 72.8 Å². The summed E-state index contributed by atoms with van der Waals surface area (Å²) in [7, 11) is 0. The minimum atomic E-state index is -0.0835. The van der Waals surface area contributed by atoms with E-state index in [9.17, 15) is 0 Å². The SMILES string of the molecule is CC1CC2CC(C)C3(c4ccc(-c5cccc(-c6nc(-c7ccccc7)nc(-c7ccccc7)n6)c5)cc4-c4c(-c5cccc(-c6nc(-c7ccccc7)nc(-c7ccccc7)n6)c5)cccc43)C(C1)C2. The van der Waals surface area contributed by atoms with Crippen LogP contribution < -0.4 is 0 Å². The van der Waals surface area contributed by atoms with Crippen LogP contribution in [-0.4, -0.2) is 29.9 Å². The molecule has 0 radical (unpaired) electrons. The van der Waals surface area contributed by atoms with Crippen LogP contribution in [0.25, 0.3) is 102 Å². The molecule has 5 atom stereocenters. The van der Waals surface area contributed by atoms with Gasteiger partial charge in [-0.3, -0.25) is 0 Å². The molecule has 2 bridgehead atoms. The van der Waals surface area contributed by atoms with E-state index in [-0.39, 0.29) is 5.41 Å². The first-order chi connectivity index (χ1) is 35.0. The van der Waals surface area contributed by atoms with Crippen molar-refractivity contribution >= 4 is 0 Å². The van der Waals surface area contributed by atoms with E-state index in [2.05, 4.69) is 147 Å². The van der Waals surface area contributed by atoms with Crippen LogP contribution in [0.3, 0.4) is 0 Å². The van der Waals surface area contributed by atoms with Crippen LogP contribution in [-0.2, 0) is 5.41 Å². The first-order valence-electron chi connectivity index (χ1n) is 25.2. The fourth-order valence-electron chi connectivity index (χ4n) is 12.8. The molecular formula is C65H52N6. The molecule has 2 fully saturated rings. The maximum atomic E-state index is 5.14. The summed E-state index contributed by atoms with van der Waals surface area (Å²) in [5.41, 5.74) is 16.0. The number of fused-ring (bicyclic) bond motifs is 8.